The van der Waals surface area contributed by atoms with Gasteiger partial charge in [0.2, 0.25) is 5.69 Å². The fourth-order valence-corrected chi connectivity index (χ4v) is 6.91. The number of benzene rings is 1. The van der Waals surface area contributed by atoms with Crippen LogP contribution < -0.4 is 4.99 Å². The third-order valence-electron chi connectivity index (χ3n) is 5.08. The Labute approximate surface area is 218 Å². The van der Waals surface area contributed by atoms with E-state index in [1.807, 2.05) is 0 Å². The molecule has 1 nitrogen and oxygen atoms in total. The van der Waals surface area contributed by atoms with E-state index in [0.717, 1.165) is 0 Å². The second-order valence-corrected chi connectivity index (χ2v) is 19.5. The van der Waals surface area contributed by atoms with Gasteiger partial charge in [0.15, 0.2) is 5.71 Å². The molecule has 0 spiro atoms. The number of nitrogens with one attached hydrogen (secondary N) is 1. The summed E-state index contributed by atoms with van der Waals surface area (Å²) >= 11 is 0. The van der Waals surface area contributed by atoms with E-state index in [4.69, 9.17) is 0 Å². The number of rotatable bonds is 7. The Balaban J connectivity index is -0.000000420. The van der Waals surface area contributed by atoms with Gasteiger partial charge in [0.05, 0.1) is 19.2 Å². The molecule has 1 aromatic carbocycles. The Morgan fingerprint density at radius 2 is 1.16 bits per heavy atom. The van der Waals surface area contributed by atoms with Crippen molar-refractivity contribution >= 4 is 53.3 Å². The normalized spacial score (nSPS) is 13.3. The molecule has 183 valence electrons. The first kappa shape index (κ1) is 36.2. The van der Waals surface area contributed by atoms with E-state index in [-0.39, 0.29) is 32.8 Å². The van der Waals surface area contributed by atoms with Gasteiger partial charge in [-0.3, -0.25) is 0 Å². The van der Waals surface area contributed by atoms with E-state index in [2.05, 4.69) is 103 Å². The summed E-state index contributed by atoms with van der Waals surface area (Å²) < 4.78 is 0. The van der Waals surface area contributed by atoms with Gasteiger partial charge in [0.25, 0.3) is 0 Å². The second kappa shape index (κ2) is 20.1. The molecule has 0 saturated heterocycles. The van der Waals surface area contributed by atoms with Gasteiger partial charge in [-0.15, -0.1) is 28.3 Å². The van der Waals surface area contributed by atoms with E-state index >= 15 is 0 Å². The van der Waals surface area contributed by atoms with Crippen LogP contribution in [0.4, 0.5) is 5.69 Å². The van der Waals surface area contributed by atoms with Gasteiger partial charge < -0.3 is 0 Å². The first-order valence-electron chi connectivity index (χ1n) is 11.5. The first-order chi connectivity index (χ1) is 13.7. The Hall–Kier alpha value is 0.659. The molecule has 1 radical (unpaired) electrons. The molecule has 0 amide bonds. The van der Waals surface area contributed by atoms with E-state index in [1.54, 1.807) is 0 Å². The summed E-state index contributed by atoms with van der Waals surface area (Å²) in [4.78, 5) is 3.41. The summed E-state index contributed by atoms with van der Waals surface area (Å²) in [5.74, 6) is 0. The number of halogens is 1. The van der Waals surface area contributed by atoms with Crippen molar-refractivity contribution in [3.05, 3.63) is 35.5 Å². The molecular formula is C25H48ClNP2PdSi+. The quantitative estimate of drug-likeness (QED) is 0.250. The fraction of sp³-hybridized carbons (Fsp3) is 0.640. The Bertz CT molecular complexity index is 614. The standard InChI is InChI=1S/C13H16NSi.2C6H15P.ClH.Pd/c1-10-12(9-15(2,3)4)11-7-5-6-8-13(11)14-10;2*1-4-7(5-2)6-3;;/h5-8H,1-4H3;2*4-6H2,1-3H3;1H;/p+1. The molecule has 1 aliphatic rings. The van der Waals surface area contributed by atoms with Gasteiger partial charge in [-0.2, -0.15) is 0 Å². The van der Waals surface area contributed by atoms with Crippen molar-refractivity contribution in [1.29, 1.82) is 0 Å². The zero-order chi connectivity index (χ0) is 22.4. The van der Waals surface area contributed by atoms with E-state index in [1.165, 1.54) is 59.5 Å². The number of allylic oxidation sites excluding steroid dienone is 1. The van der Waals surface area contributed by atoms with Gasteiger partial charge in [-0.1, -0.05) is 73.3 Å². The summed E-state index contributed by atoms with van der Waals surface area (Å²) in [6.07, 6.45) is 8.51. The molecule has 0 saturated carbocycles. The predicted molar refractivity (Wildman–Crippen MR) is 152 cm³/mol. The van der Waals surface area contributed by atoms with Crippen molar-refractivity contribution in [3.8, 4) is 0 Å². The molecule has 1 N–H and O–H groups in total. The second-order valence-electron chi connectivity index (χ2n) is 8.28. The van der Waals surface area contributed by atoms with Crippen LogP contribution >= 0.6 is 28.3 Å². The van der Waals surface area contributed by atoms with Crippen LogP contribution in [0, 0.1) is 5.70 Å². The van der Waals surface area contributed by atoms with Crippen LogP contribution in [0.2, 0.25) is 19.6 Å². The zero-order valence-electron chi connectivity index (χ0n) is 21.7. The van der Waals surface area contributed by atoms with Gasteiger partial charge in [-0.25, -0.2) is 4.99 Å². The summed E-state index contributed by atoms with van der Waals surface area (Å²) in [7, 11) is -0.388. The minimum Gasteiger partial charge on any atom is -0.208 e. The number of hydrogen-bond donors (Lipinski definition) is 1. The van der Waals surface area contributed by atoms with Crippen molar-refractivity contribution in [1.82, 2.24) is 0 Å². The largest absolute Gasteiger partial charge is 0.211 e. The van der Waals surface area contributed by atoms with Crippen molar-refractivity contribution in [3.63, 3.8) is 0 Å². The van der Waals surface area contributed by atoms with Crippen molar-refractivity contribution in [2.45, 2.75) is 68.1 Å². The van der Waals surface area contributed by atoms with E-state index in [0.29, 0.717) is 15.8 Å². The molecule has 0 atom stereocenters. The molecule has 6 heteroatoms. The van der Waals surface area contributed by atoms with Gasteiger partial charge in [-0.05, 0) is 48.7 Å². The summed E-state index contributed by atoms with van der Waals surface area (Å²) in [5, 5.41) is 0. The Morgan fingerprint density at radius 1 is 0.774 bits per heavy atom. The first-order valence-corrected chi connectivity index (χ1v) is 18.8. The van der Waals surface area contributed by atoms with Gasteiger partial charge in [0.1, 0.15) is 0 Å². The summed E-state index contributed by atoms with van der Waals surface area (Å²) in [6.45, 7) is 22.8. The molecular weight excluding hydrogens is 546 g/mol. The maximum absolute atomic E-state index is 3.68. The van der Waals surface area contributed by atoms with Crippen LogP contribution in [0.1, 0.15) is 54.0 Å². The molecule has 1 aromatic rings. The number of para-hydroxylation sites is 1. The maximum atomic E-state index is 3.68. The van der Waals surface area contributed by atoms with Crippen LogP contribution in [0.3, 0.4) is 0 Å². The minimum atomic E-state index is -1.28. The van der Waals surface area contributed by atoms with Crippen LogP contribution in [-0.2, 0) is 20.4 Å². The van der Waals surface area contributed by atoms with Gasteiger partial charge >= 0.3 is 0 Å². The van der Waals surface area contributed by atoms with Crippen molar-refractivity contribution in [2.75, 3.05) is 37.0 Å². The van der Waals surface area contributed by atoms with Crippen LogP contribution in [-0.4, -0.2) is 50.8 Å². The molecule has 1 heterocycles. The van der Waals surface area contributed by atoms with E-state index in [9.17, 15) is 0 Å². The molecule has 0 aromatic heterocycles. The Morgan fingerprint density at radius 3 is 1.48 bits per heavy atom. The molecule has 0 aliphatic carbocycles. The van der Waals surface area contributed by atoms with Crippen molar-refractivity contribution < 1.29 is 25.4 Å². The fourth-order valence-electron chi connectivity index (χ4n) is 3.15. The van der Waals surface area contributed by atoms with Crippen molar-refractivity contribution in [2.24, 2.45) is 0 Å². The summed E-state index contributed by atoms with van der Waals surface area (Å²) in [6, 6.07) is 8.45. The zero-order valence-corrected chi connectivity index (χ0v) is 26.8. The van der Waals surface area contributed by atoms with Crippen LogP contribution in [0.25, 0.3) is 5.57 Å². The molecule has 0 bridgehead atoms. The topological polar surface area (TPSA) is 14.0 Å². The molecule has 0 fully saturated rings. The monoisotopic (exact) mass is 593 g/mol. The van der Waals surface area contributed by atoms with Gasteiger partial charge in [0, 0.05) is 33.4 Å². The van der Waals surface area contributed by atoms with Crippen LogP contribution in [0.5, 0.6) is 0 Å². The number of hydrogen-bond acceptors (Lipinski definition) is 0. The Kier molecular flexibility index (Phi) is 23.5. The molecule has 31 heavy (non-hydrogen) atoms. The summed E-state index contributed by atoms with van der Waals surface area (Å²) in [5.41, 5.74) is 8.72. The average molecular weight is 595 g/mol. The number of fused-ring (bicyclic) bond motifs is 1. The maximum Gasteiger partial charge on any atom is 0.211 e. The SMILES string of the molecule is CC1=[NH+]c2ccccc2C1=[C][Si](C)(C)C.CCP(CC)CC.CCP(CC)CC.Cl.[Pd]. The molecule has 1 aliphatic heterocycles. The predicted octanol–water partition coefficient (Wildman–Crippen LogP) is 7.41. The molecule has 0 unspecified atom stereocenters. The van der Waals surface area contributed by atoms with Crippen LogP contribution in [0.15, 0.2) is 24.3 Å². The third-order valence-corrected chi connectivity index (χ3v) is 11.4. The molecule has 2 rings (SSSR count). The minimum absolute atomic E-state index is 0. The third kappa shape index (κ3) is 15.2. The smallest absolute Gasteiger partial charge is 0.208 e. The van der Waals surface area contributed by atoms with E-state index < -0.39 is 8.07 Å². The average Bonchev–Trinajstić information content (AvgIpc) is 3.00.